The van der Waals surface area contributed by atoms with E-state index in [1.807, 2.05) is 13.8 Å². The van der Waals surface area contributed by atoms with Gasteiger partial charge in [0.15, 0.2) is 20.4 Å². The molecule has 2 saturated heterocycles. The molecule has 0 saturated carbocycles. The number of ether oxygens (including phenoxy) is 6. The van der Waals surface area contributed by atoms with Crippen molar-refractivity contribution in [1.82, 2.24) is 0 Å². The standard InChI is InChI=1S/C46H80O11Si2/c1-29(2)58(30(3)4,31(5)6)51-22-21-39(52-35(13)47)25-43-27-42(55-46(14,15)56-43)24-37(48)23-40-26-41(54-45(49)36-17-19-38(50-16)20-18-36)28-44(53-40)57-59(32(7)8,33(9)10)34(11)12/h17-20,29-34,39-44H,21-28H2,1-16H3/t39-,40-,41+,42-,43-,44?/m1/s1. The summed E-state index contributed by atoms with van der Waals surface area (Å²) in [6.45, 7) is 32.6. The first-order valence-corrected chi connectivity index (χ1v) is 26.6. The Bertz CT molecular complexity index is 1430. The summed E-state index contributed by atoms with van der Waals surface area (Å²) < 4.78 is 50.4. The third-order valence-electron chi connectivity index (χ3n) is 12.7. The number of ketones is 1. The molecule has 0 spiro atoms. The number of esters is 2. The van der Waals surface area contributed by atoms with Crippen molar-refractivity contribution in [2.45, 2.75) is 225 Å². The molecular weight excluding hydrogens is 785 g/mol. The molecule has 0 amide bonds. The van der Waals surface area contributed by atoms with Crippen LogP contribution in [0.1, 0.15) is 159 Å². The molecule has 1 aromatic carbocycles. The average molecular weight is 865 g/mol. The molecule has 11 nitrogen and oxygen atoms in total. The first-order chi connectivity index (χ1) is 27.4. The molecule has 2 aliphatic heterocycles. The van der Waals surface area contributed by atoms with Crippen molar-refractivity contribution in [2.24, 2.45) is 0 Å². The Labute approximate surface area is 358 Å². The molecule has 2 fully saturated rings. The molecule has 0 aromatic heterocycles. The first-order valence-electron chi connectivity index (χ1n) is 22.3. The largest absolute Gasteiger partial charge is 0.497 e. The third kappa shape index (κ3) is 13.9. The Kier molecular flexibility index (Phi) is 19.3. The smallest absolute Gasteiger partial charge is 0.338 e. The Hall–Kier alpha value is -2.14. The number of hydrogen-bond acceptors (Lipinski definition) is 11. The van der Waals surface area contributed by atoms with E-state index in [-0.39, 0.29) is 30.7 Å². The van der Waals surface area contributed by atoms with Gasteiger partial charge in [-0.05, 0) is 71.4 Å². The first kappa shape index (κ1) is 51.2. The van der Waals surface area contributed by atoms with Crippen molar-refractivity contribution >= 4 is 34.4 Å². The van der Waals surface area contributed by atoms with Gasteiger partial charge >= 0.3 is 11.9 Å². The highest BCUT2D eigenvalue weighted by molar-refractivity contribution is 6.78. The predicted molar refractivity (Wildman–Crippen MR) is 237 cm³/mol. The highest BCUT2D eigenvalue weighted by Crippen LogP contribution is 2.45. The number of hydrogen-bond donors (Lipinski definition) is 0. The van der Waals surface area contributed by atoms with E-state index in [0.29, 0.717) is 83.3 Å². The van der Waals surface area contributed by atoms with Gasteiger partial charge in [-0.2, -0.15) is 0 Å². The van der Waals surface area contributed by atoms with E-state index in [4.69, 9.17) is 37.3 Å². The SMILES string of the molecule is COc1ccc(C(=O)O[C@@H]2CC(O[Si](C(C)C)(C(C)C)C(C)C)O[C@H](CC(=O)C[C@@H]3C[C@@H](C[C@@H](CCO[Si](C(C)C)(C(C)C)C(C)C)OC(C)=O)OC(C)(C)O3)C2)cc1. The van der Waals surface area contributed by atoms with Gasteiger partial charge in [0.2, 0.25) is 8.32 Å². The minimum Gasteiger partial charge on any atom is -0.497 e. The third-order valence-corrected chi connectivity index (χ3v) is 24.9. The maximum Gasteiger partial charge on any atom is 0.338 e. The molecule has 2 aliphatic rings. The molecular formula is C46H80O11Si2. The van der Waals surface area contributed by atoms with E-state index in [0.717, 1.165) is 0 Å². The topological polar surface area (TPSA) is 125 Å². The number of benzene rings is 1. The fourth-order valence-corrected chi connectivity index (χ4v) is 21.4. The fourth-order valence-electron chi connectivity index (χ4n) is 10.5. The lowest BCUT2D eigenvalue weighted by atomic mass is 9.95. The predicted octanol–water partition coefficient (Wildman–Crippen LogP) is 11.1. The quantitative estimate of drug-likeness (QED) is 0.0817. The number of methoxy groups -OCH3 is 1. The van der Waals surface area contributed by atoms with Gasteiger partial charge in [0, 0.05) is 58.5 Å². The van der Waals surface area contributed by atoms with Crippen LogP contribution in [-0.4, -0.2) is 90.7 Å². The lowest BCUT2D eigenvalue weighted by Gasteiger charge is -2.46. The molecule has 13 heteroatoms. The van der Waals surface area contributed by atoms with E-state index in [2.05, 4.69) is 83.1 Å². The van der Waals surface area contributed by atoms with Crippen LogP contribution in [0.2, 0.25) is 33.2 Å². The van der Waals surface area contributed by atoms with Crippen molar-refractivity contribution in [2.75, 3.05) is 13.7 Å². The minimum absolute atomic E-state index is 0.0142. The lowest BCUT2D eigenvalue weighted by molar-refractivity contribution is -0.302. The van der Waals surface area contributed by atoms with Crippen molar-refractivity contribution in [3.8, 4) is 5.75 Å². The van der Waals surface area contributed by atoms with Gasteiger partial charge < -0.3 is 37.3 Å². The molecule has 1 unspecified atom stereocenters. The summed E-state index contributed by atoms with van der Waals surface area (Å²) in [7, 11) is -2.90. The minimum atomic E-state index is -2.38. The molecule has 0 N–H and O–H groups in total. The van der Waals surface area contributed by atoms with Crippen LogP contribution in [0.15, 0.2) is 24.3 Å². The summed E-state index contributed by atoms with van der Waals surface area (Å²) >= 11 is 0. The van der Waals surface area contributed by atoms with Crippen molar-refractivity contribution < 1.29 is 51.7 Å². The summed E-state index contributed by atoms with van der Waals surface area (Å²) in [6, 6.07) is 6.84. The van der Waals surface area contributed by atoms with Crippen molar-refractivity contribution in [3.63, 3.8) is 0 Å². The van der Waals surface area contributed by atoms with Crippen molar-refractivity contribution in [1.29, 1.82) is 0 Å². The van der Waals surface area contributed by atoms with E-state index >= 15 is 0 Å². The Balaban J connectivity index is 1.75. The van der Waals surface area contributed by atoms with E-state index in [1.54, 1.807) is 31.4 Å². The zero-order chi connectivity index (χ0) is 44.5. The molecule has 6 atom stereocenters. The van der Waals surface area contributed by atoms with Crippen LogP contribution in [0, 0.1) is 0 Å². The van der Waals surface area contributed by atoms with E-state index in [9.17, 15) is 14.4 Å². The molecule has 0 aliphatic carbocycles. The second-order valence-corrected chi connectivity index (χ2v) is 30.2. The van der Waals surface area contributed by atoms with Crippen LogP contribution < -0.4 is 4.74 Å². The van der Waals surface area contributed by atoms with Crippen LogP contribution in [0.25, 0.3) is 0 Å². The van der Waals surface area contributed by atoms with Gasteiger partial charge in [-0.15, -0.1) is 0 Å². The summed E-state index contributed by atoms with van der Waals surface area (Å²) in [6.07, 6.45) is -0.174. The van der Waals surface area contributed by atoms with Gasteiger partial charge in [0.25, 0.3) is 0 Å². The second-order valence-electron chi connectivity index (χ2n) is 19.3. The summed E-state index contributed by atoms with van der Waals surface area (Å²) in [5, 5.41) is 0. The molecule has 338 valence electrons. The summed E-state index contributed by atoms with van der Waals surface area (Å²) in [4.78, 5) is 39.6. The maximum atomic E-state index is 14.0. The molecule has 1 aromatic rings. The Morgan fingerprint density at radius 1 is 0.729 bits per heavy atom. The van der Waals surface area contributed by atoms with E-state index < -0.39 is 59.1 Å². The maximum absolute atomic E-state index is 14.0. The Morgan fingerprint density at radius 3 is 1.76 bits per heavy atom. The van der Waals surface area contributed by atoms with Gasteiger partial charge in [-0.25, -0.2) is 4.79 Å². The molecule has 59 heavy (non-hydrogen) atoms. The number of rotatable bonds is 22. The lowest BCUT2D eigenvalue weighted by Crippen LogP contribution is -2.53. The van der Waals surface area contributed by atoms with Gasteiger partial charge in [-0.1, -0.05) is 83.1 Å². The van der Waals surface area contributed by atoms with Crippen molar-refractivity contribution in [3.05, 3.63) is 29.8 Å². The zero-order valence-electron chi connectivity index (χ0n) is 39.4. The molecule has 2 heterocycles. The summed E-state index contributed by atoms with van der Waals surface area (Å²) in [5.41, 5.74) is 2.71. The fraction of sp³-hybridized carbons (Fsp3) is 0.804. The highest BCUT2D eigenvalue weighted by Gasteiger charge is 2.49. The Morgan fingerprint density at radius 2 is 1.25 bits per heavy atom. The van der Waals surface area contributed by atoms with Gasteiger partial charge in [-0.3, -0.25) is 9.59 Å². The van der Waals surface area contributed by atoms with Crippen LogP contribution in [-0.2, 0) is 42.1 Å². The van der Waals surface area contributed by atoms with Gasteiger partial charge in [0.05, 0.1) is 31.0 Å². The molecule has 3 rings (SSSR count). The van der Waals surface area contributed by atoms with Crippen LogP contribution in [0.3, 0.4) is 0 Å². The number of Topliss-reactive ketones (excluding diaryl/α,β-unsaturated/α-hetero) is 1. The zero-order valence-corrected chi connectivity index (χ0v) is 41.4. The molecule has 0 radical (unpaired) electrons. The average Bonchev–Trinajstić information content (AvgIpc) is 3.10. The summed E-state index contributed by atoms with van der Waals surface area (Å²) in [5.74, 6) is -1.09. The van der Waals surface area contributed by atoms with E-state index in [1.165, 1.54) is 6.92 Å². The van der Waals surface area contributed by atoms with Crippen LogP contribution in [0.5, 0.6) is 5.75 Å². The van der Waals surface area contributed by atoms with Crippen LogP contribution in [0.4, 0.5) is 0 Å². The molecule has 0 bridgehead atoms. The number of carbonyl (C=O) groups excluding carboxylic acids is 3. The van der Waals surface area contributed by atoms with Gasteiger partial charge in [0.1, 0.15) is 23.7 Å². The highest BCUT2D eigenvalue weighted by atomic mass is 28.4. The second kappa shape index (κ2) is 22.3. The van der Waals surface area contributed by atoms with Crippen LogP contribution >= 0.6 is 0 Å². The number of carbonyl (C=O) groups is 3. The monoisotopic (exact) mass is 865 g/mol. The normalized spacial score (nSPS) is 23.3.